The van der Waals surface area contributed by atoms with Gasteiger partial charge in [0, 0.05) is 12.3 Å². The summed E-state index contributed by atoms with van der Waals surface area (Å²) in [5, 5.41) is 84.9. The second-order valence-corrected chi connectivity index (χ2v) is 19.2. The first-order valence-corrected chi connectivity index (χ1v) is 20.9. The van der Waals surface area contributed by atoms with Crippen molar-refractivity contribution < 1.29 is 69.3 Å². The van der Waals surface area contributed by atoms with Crippen molar-refractivity contribution >= 4 is 0 Å². The maximum atomic E-state index is 11.8. The van der Waals surface area contributed by atoms with Gasteiger partial charge in [0.25, 0.3) is 0 Å². The minimum absolute atomic E-state index is 0.0906. The first kappa shape index (κ1) is 40.2. The molecule has 14 nitrogen and oxygen atoms in total. The summed E-state index contributed by atoms with van der Waals surface area (Å²) >= 11 is 0. The van der Waals surface area contributed by atoms with Crippen molar-refractivity contribution in [2.24, 2.45) is 52.3 Å². The predicted molar refractivity (Wildman–Crippen MR) is 189 cm³/mol. The zero-order valence-electron chi connectivity index (χ0n) is 32.3. The average molecular weight is 771 g/mol. The minimum Gasteiger partial charge on any atom is -0.394 e. The summed E-state index contributed by atoms with van der Waals surface area (Å²) in [6, 6.07) is 0. The lowest BCUT2D eigenvalue weighted by molar-refractivity contribution is -0.367. The van der Waals surface area contributed by atoms with E-state index in [2.05, 4.69) is 27.7 Å². The highest BCUT2D eigenvalue weighted by molar-refractivity contribution is 5.14. The molecule has 8 fully saturated rings. The van der Waals surface area contributed by atoms with Crippen LogP contribution in [-0.2, 0) is 28.4 Å². The van der Waals surface area contributed by atoms with Gasteiger partial charge in [-0.2, -0.15) is 0 Å². The van der Waals surface area contributed by atoms with Crippen LogP contribution in [0.25, 0.3) is 0 Å². The third kappa shape index (κ3) is 6.36. The molecule has 4 aliphatic carbocycles. The fourth-order valence-electron chi connectivity index (χ4n) is 13.5. The third-order valence-electron chi connectivity index (χ3n) is 16.5. The Balaban J connectivity index is 0.943. The van der Waals surface area contributed by atoms with E-state index in [-0.39, 0.29) is 22.9 Å². The molecule has 23 unspecified atom stereocenters. The van der Waals surface area contributed by atoms with Crippen LogP contribution in [0.15, 0.2) is 0 Å². The van der Waals surface area contributed by atoms with Gasteiger partial charge in [0.2, 0.25) is 0 Å². The Morgan fingerprint density at radius 1 is 0.685 bits per heavy atom. The van der Waals surface area contributed by atoms with Gasteiger partial charge < -0.3 is 69.3 Å². The molecule has 54 heavy (non-hydrogen) atoms. The maximum Gasteiger partial charge on any atom is 0.187 e. The third-order valence-corrected chi connectivity index (χ3v) is 16.5. The molecule has 1 spiro atoms. The van der Waals surface area contributed by atoms with Gasteiger partial charge in [-0.3, -0.25) is 0 Å². The van der Waals surface area contributed by atoms with Crippen molar-refractivity contribution in [3.8, 4) is 0 Å². The van der Waals surface area contributed by atoms with Crippen molar-refractivity contribution in [1.82, 2.24) is 0 Å². The SMILES string of the molecule is CC1CCC2(OC1)OC1CCC3C4CCC5CC(OC6OC(CO)C(O)C(OC7OC(CO)C(O)C(O)C7O)C6O)C(O)CC5(C)C4CCC3(C)C1C2C. The van der Waals surface area contributed by atoms with Gasteiger partial charge >= 0.3 is 0 Å². The van der Waals surface area contributed by atoms with Crippen molar-refractivity contribution in [3.05, 3.63) is 0 Å². The lowest BCUT2D eigenvalue weighted by Crippen LogP contribution is -2.65. The highest BCUT2D eigenvalue weighted by Crippen LogP contribution is 2.70. The van der Waals surface area contributed by atoms with Crippen LogP contribution >= 0.6 is 0 Å². The fraction of sp³-hybridized carbons (Fsp3) is 1.00. The lowest BCUT2D eigenvalue weighted by atomic mass is 9.40. The molecular formula is C40H66O14. The first-order chi connectivity index (χ1) is 25.7. The Morgan fingerprint density at radius 3 is 2.06 bits per heavy atom. The first-order valence-electron chi connectivity index (χ1n) is 20.9. The van der Waals surface area contributed by atoms with Crippen LogP contribution in [0, 0.1) is 52.3 Å². The smallest absolute Gasteiger partial charge is 0.187 e. The van der Waals surface area contributed by atoms with Crippen LogP contribution in [0.2, 0.25) is 0 Å². The molecule has 0 amide bonds. The number of aliphatic hydroxyl groups excluding tert-OH is 8. The second kappa shape index (κ2) is 14.9. The zero-order valence-corrected chi connectivity index (χ0v) is 32.3. The Morgan fingerprint density at radius 2 is 1.37 bits per heavy atom. The molecule has 0 bridgehead atoms. The van der Waals surface area contributed by atoms with Crippen molar-refractivity contribution in [1.29, 1.82) is 0 Å². The lowest BCUT2D eigenvalue weighted by Gasteiger charge is -2.65. The molecule has 0 aromatic rings. The summed E-state index contributed by atoms with van der Waals surface area (Å²) in [5.74, 6) is 2.88. The van der Waals surface area contributed by atoms with Crippen LogP contribution in [0.1, 0.15) is 91.9 Å². The molecule has 14 heteroatoms. The Labute approximate surface area is 318 Å². The normalized spacial score (nSPS) is 58.9. The van der Waals surface area contributed by atoms with Gasteiger partial charge in [-0.05, 0) is 104 Å². The molecule has 0 radical (unpaired) electrons. The molecule has 310 valence electrons. The van der Waals surface area contributed by atoms with Crippen LogP contribution in [-0.4, -0.2) is 146 Å². The van der Waals surface area contributed by atoms with Gasteiger partial charge in [0.15, 0.2) is 18.4 Å². The van der Waals surface area contributed by atoms with E-state index in [1.54, 1.807) is 0 Å². The van der Waals surface area contributed by atoms with E-state index in [0.717, 1.165) is 58.0 Å². The summed E-state index contributed by atoms with van der Waals surface area (Å²) in [6.45, 7) is 9.01. The quantitative estimate of drug-likeness (QED) is 0.176. The van der Waals surface area contributed by atoms with E-state index in [4.69, 9.17) is 28.4 Å². The number of rotatable bonds is 6. The van der Waals surface area contributed by atoms with E-state index < -0.39 is 92.6 Å². The van der Waals surface area contributed by atoms with Crippen molar-refractivity contribution in [3.63, 3.8) is 0 Å². The average Bonchev–Trinajstić information content (AvgIpc) is 3.43. The molecule has 0 aromatic carbocycles. The zero-order chi connectivity index (χ0) is 38.5. The predicted octanol–water partition coefficient (Wildman–Crippen LogP) is 0.803. The fourth-order valence-corrected chi connectivity index (χ4v) is 13.5. The van der Waals surface area contributed by atoms with E-state index in [1.807, 2.05) is 0 Å². The van der Waals surface area contributed by atoms with Crippen LogP contribution in [0.4, 0.5) is 0 Å². The number of aliphatic hydroxyl groups is 8. The standard InChI is InChI=1S/C40H66O14/c1-18-9-12-40(49-17-18)19(2)29-25(54-40)8-7-22-21-6-5-20-13-26(24(43)14-39(20,4)23(21)10-11-38(22,29)3)50-37-34(48)35(31(45)28(16-42)52-37)53-36-33(47)32(46)30(44)27(15-41)51-36/h18-37,41-48H,5-17H2,1-4H3. The van der Waals surface area contributed by atoms with Crippen LogP contribution in [0.5, 0.6) is 0 Å². The van der Waals surface area contributed by atoms with E-state index in [0.29, 0.717) is 48.3 Å². The summed E-state index contributed by atoms with van der Waals surface area (Å²) in [6.07, 6.45) is -6.78. The van der Waals surface area contributed by atoms with Gasteiger partial charge in [-0.1, -0.05) is 27.7 Å². The largest absolute Gasteiger partial charge is 0.394 e. The topological polar surface area (TPSA) is 217 Å². The Bertz CT molecular complexity index is 1310. The number of ether oxygens (including phenoxy) is 6. The highest BCUT2D eigenvalue weighted by Gasteiger charge is 2.67. The molecular weight excluding hydrogens is 704 g/mol. The summed E-state index contributed by atoms with van der Waals surface area (Å²) in [7, 11) is 0. The maximum absolute atomic E-state index is 11.8. The molecule has 8 aliphatic rings. The Hall–Kier alpha value is -0.560. The summed E-state index contributed by atoms with van der Waals surface area (Å²) in [4.78, 5) is 0. The number of hydrogen-bond donors (Lipinski definition) is 8. The molecule has 4 aliphatic heterocycles. The molecule has 4 saturated heterocycles. The van der Waals surface area contributed by atoms with Crippen molar-refractivity contribution in [2.45, 2.75) is 177 Å². The number of fused-ring (bicyclic) bond motifs is 7. The van der Waals surface area contributed by atoms with Crippen LogP contribution in [0.3, 0.4) is 0 Å². The molecule has 4 saturated carbocycles. The monoisotopic (exact) mass is 770 g/mol. The van der Waals surface area contributed by atoms with E-state index in [9.17, 15) is 40.9 Å². The molecule has 23 atom stereocenters. The van der Waals surface area contributed by atoms with Crippen molar-refractivity contribution in [2.75, 3.05) is 19.8 Å². The van der Waals surface area contributed by atoms with Gasteiger partial charge in [0.05, 0.1) is 38.1 Å². The molecule has 4 heterocycles. The van der Waals surface area contributed by atoms with Gasteiger partial charge in [-0.25, -0.2) is 0 Å². The van der Waals surface area contributed by atoms with E-state index >= 15 is 0 Å². The second-order valence-electron chi connectivity index (χ2n) is 19.2. The van der Waals surface area contributed by atoms with Gasteiger partial charge in [0.1, 0.15) is 48.8 Å². The number of hydrogen-bond acceptors (Lipinski definition) is 14. The molecule has 8 rings (SSSR count). The molecule has 8 N–H and O–H groups in total. The summed E-state index contributed by atoms with van der Waals surface area (Å²) in [5.41, 5.74) is 0.0880. The highest BCUT2D eigenvalue weighted by atomic mass is 16.7. The van der Waals surface area contributed by atoms with Gasteiger partial charge in [-0.15, -0.1) is 0 Å². The Kier molecular flexibility index (Phi) is 11.1. The van der Waals surface area contributed by atoms with Crippen LogP contribution < -0.4 is 0 Å². The summed E-state index contributed by atoms with van der Waals surface area (Å²) < 4.78 is 36.9. The molecule has 0 aromatic heterocycles. The minimum atomic E-state index is -1.76. The van der Waals surface area contributed by atoms with E-state index in [1.165, 1.54) is 0 Å².